The molecule has 0 N–H and O–H groups in total. The first kappa shape index (κ1) is 12.2. The van der Waals surface area contributed by atoms with Crippen LogP contribution in [0.25, 0.3) is 0 Å². The molecule has 1 heterocycles. The standard InChI is InChI=1S/C16H16O3/c1-17-14-9-7-12(8-10-14)15-11-18-16(19-15)13-5-3-2-4-6-13/h2-10,15-16H,11H2,1H3/t15-,16?/m1/s1. The average Bonchev–Trinajstić information content (AvgIpc) is 2.98. The molecule has 0 radical (unpaired) electrons. The van der Waals surface area contributed by atoms with E-state index in [4.69, 9.17) is 14.2 Å². The third kappa shape index (κ3) is 2.62. The molecule has 2 atom stereocenters. The van der Waals surface area contributed by atoms with E-state index in [1.165, 1.54) is 0 Å². The average molecular weight is 256 g/mol. The molecule has 1 aliphatic rings. The van der Waals surface area contributed by atoms with Crippen molar-refractivity contribution in [3.63, 3.8) is 0 Å². The van der Waals surface area contributed by atoms with E-state index in [1.807, 2.05) is 54.6 Å². The van der Waals surface area contributed by atoms with Crippen LogP contribution in [-0.4, -0.2) is 13.7 Å². The summed E-state index contributed by atoms with van der Waals surface area (Å²) in [7, 11) is 1.66. The van der Waals surface area contributed by atoms with E-state index in [-0.39, 0.29) is 12.4 Å². The Morgan fingerprint density at radius 3 is 2.37 bits per heavy atom. The Balaban J connectivity index is 1.71. The largest absolute Gasteiger partial charge is 0.497 e. The summed E-state index contributed by atoms with van der Waals surface area (Å²) in [6, 6.07) is 17.9. The number of ether oxygens (including phenoxy) is 3. The second-order valence-corrected chi connectivity index (χ2v) is 4.47. The quantitative estimate of drug-likeness (QED) is 0.841. The van der Waals surface area contributed by atoms with Gasteiger partial charge in [0.1, 0.15) is 11.9 Å². The molecule has 3 rings (SSSR count). The molecule has 0 aromatic heterocycles. The SMILES string of the molecule is COc1ccc([C@H]2COC(c3ccccc3)O2)cc1. The van der Waals surface area contributed by atoms with E-state index in [2.05, 4.69) is 0 Å². The van der Waals surface area contributed by atoms with E-state index in [9.17, 15) is 0 Å². The maximum atomic E-state index is 5.94. The lowest BCUT2D eigenvalue weighted by Gasteiger charge is -2.12. The summed E-state index contributed by atoms with van der Waals surface area (Å²) in [4.78, 5) is 0. The topological polar surface area (TPSA) is 27.7 Å². The van der Waals surface area contributed by atoms with Crippen molar-refractivity contribution in [1.29, 1.82) is 0 Å². The summed E-state index contributed by atoms with van der Waals surface area (Å²) in [5.74, 6) is 0.849. The first-order chi connectivity index (χ1) is 9.36. The van der Waals surface area contributed by atoms with Crippen LogP contribution >= 0.6 is 0 Å². The van der Waals surface area contributed by atoms with Crippen molar-refractivity contribution < 1.29 is 14.2 Å². The molecule has 2 aromatic carbocycles. The highest BCUT2D eigenvalue weighted by molar-refractivity contribution is 5.29. The molecule has 3 heteroatoms. The van der Waals surface area contributed by atoms with Crippen molar-refractivity contribution in [3.8, 4) is 5.75 Å². The van der Waals surface area contributed by atoms with Gasteiger partial charge >= 0.3 is 0 Å². The lowest BCUT2D eigenvalue weighted by atomic mass is 10.1. The van der Waals surface area contributed by atoms with Crippen LogP contribution in [0.3, 0.4) is 0 Å². The van der Waals surface area contributed by atoms with E-state index in [0.717, 1.165) is 16.9 Å². The van der Waals surface area contributed by atoms with Crippen molar-refractivity contribution in [2.75, 3.05) is 13.7 Å². The Labute approximate surface area is 112 Å². The van der Waals surface area contributed by atoms with Crippen LogP contribution in [-0.2, 0) is 9.47 Å². The summed E-state index contributed by atoms with van der Waals surface area (Å²) >= 11 is 0. The van der Waals surface area contributed by atoms with Crippen LogP contribution in [0, 0.1) is 0 Å². The Kier molecular flexibility index (Phi) is 3.49. The Morgan fingerprint density at radius 2 is 1.68 bits per heavy atom. The third-order valence-electron chi connectivity index (χ3n) is 3.25. The van der Waals surface area contributed by atoms with Crippen molar-refractivity contribution in [3.05, 3.63) is 65.7 Å². The first-order valence-electron chi connectivity index (χ1n) is 6.33. The van der Waals surface area contributed by atoms with Gasteiger partial charge in [0.2, 0.25) is 0 Å². The van der Waals surface area contributed by atoms with Crippen molar-refractivity contribution in [1.82, 2.24) is 0 Å². The normalized spacial score (nSPS) is 22.4. The fraction of sp³-hybridized carbons (Fsp3) is 0.250. The van der Waals surface area contributed by atoms with Gasteiger partial charge in [-0.15, -0.1) is 0 Å². The minimum Gasteiger partial charge on any atom is -0.497 e. The fourth-order valence-electron chi connectivity index (χ4n) is 2.18. The predicted molar refractivity (Wildman–Crippen MR) is 72.0 cm³/mol. The molecule has 0 saturated carbocycles. The van der Waals surface area contributed by atoms with Crippen molar-refractivity contribution in [2.45, 2.75) is 12.4 Å². The Bertz CT molecular complexity index is 521. The molecule has 1 fully saturated rings. The first-order valence-corrected chi connectivity index (χ1v) is 6.33. The summed E-state index contributed by atoms with van der Waals surface area (Å²) in [6.07, 6.45) is -0.288. The molecule has 0 amide bonds. The minimum absolute atomic E-state index is 0.0175. The van der Waals surface area contributed by atoms with Gasteiger partial charge in [-0.25, -0.2) is 0 Å². The number of hydrogen-bond donors (Lipinski definition) is 0. The highest BCUT2D eigenvalue weighted by Gasteiger charge is 2.28. The van der Waals surface area contributed by atoms with Gasteiger partial charge in [0, 0.05) is 5.56 Å². The van der Waals surface area contributed by atoms with Gasteiger partial charge in [-0.3, -0.25) is 0 Å². The van der Waals surface area contributed by atoms with Crippen LogP contribution < -0.4 is 4.74 Å². The molecule has 1 aliphatic heterocycles. The molecule has 98 valence electrons. The Hall–Kier alpha value is -1.84. The second-order valence-electron chi connectivity index (χ2n) is 4.47. The van der Waals surface area contributed by atoms with Crippen LogP contribution in [0.5, 0.6) is 5.75 Å². The molecular weight excluding hydrogens is 240 g/mol. The lowest BCUT2D eigenvalue weighted by Crippen LogP contribution is -2.00. The maximum Gasteiger partial charge on any atom is 0.184 e. The monoisotopic (exact) mass is 256 g/mol. The van der Waals surface area contributed by atoms with E-state index >= 15 is 0 Å². The summed E-state index contributed by atoms with van der Waals surface area (Å²) < 4.78 is 16.8. The van der Waals surface area contributed by atoms with Gasteiger partial charge in [-0.1, -0.05) is 42.5 Å². The zero-order valence-corrected chi connectivity index (χ0v) is 10.8. The van der Waals surface area contributed by atoms with Gasteiger partial charge < -0.3 is 14.2 Å². The molecule has 1 saturated heterocycles. The predicted octanol–water partition coefficient (Wildman–Crippen LogP) is 3.48. The Morgan fingerprint density at radius 1 is 0.947 bits per heavy atom. The highest BCUT2D eigenvalue weighted by atomic mass is 16.7. The molecule has 0 spiro atoms. The molecular formula is C16H16O3. The van der Waals surface area contributed by atoms with Gasteiger partial charge in [0.25, 0.3) is 0 Å². The third-order valence-corrected chi connectivity index (χ3v) is 3.25. The van der Waals surface area contributed by atoms with Crippen LogP contribution in [0.15, 0.2) is 54.6 Å². The molecule has 0 bridgehead atoms. The zero-order chi connectivity index (χ0) is 13.1. The van der Waals surface area contributed by atoms with Crippen LogP contribution in [0.2, 0.25) is 0 Å². The second kappa shape index (κ2) is 5.43. The van der Waals surface area contributed by atoms with Crippen molar-refractivity contribution in [2.24, 2.45) is 0 Å². The molecule has 0 aliphatic carbocycles. The van der Waals surface area contributed by atoms with Gasteiger partial charge in [-0.05, 0) is 17.7 Å². The van der Waals surface area contributed by atoms with Crippen molar-refractivity contribution >= 4 is 0 Å². The molecule has 3 nitrogen and oxygen atoms in total. The molecule has 2 aromatic rings. The van der Waals surface area contributed by atoms with E-state index in [0.29, 0.717) is 6.61 Å². The molecule has 19 heavy (non-hydrogen) atoms. The highest BCUT2D eigenvalue weighted by Crippen LogP contribution is 2.35. The number of hydrogen-bond acceptors (Lipinski definition) is 3. The molecule has 1 unspecified atom stereocenters. The summed E-state index contributed by atoms with van der Waals surface area (Å²) in [6.45, 7) is 0.575. The lowest BCUT2D eigenvalue weighted by molar-refractivity contribution is -0.0607. The maximum absolute atomic E-state index is 5.94. The zero-order valence-electron chi connectivity index (χ0n) is 10.8. The smallest absolute Gasteiger partial charge is 0.184 e. The van der Waals surface area contributed by atoms with Crippen LogP contribution in [0.4, 0.5) is 0 Å². The fourth-order valence-corrected chi connectivity index (χ4v) is 2.18. The number of methoxy groups -OCH3 is 1. The van der Waals surface area contributed by atoms with Gasteiger partial charge in [0.15, 0.2) is 6.29 Å². The van der Waals surface area contributed by atoms with E-state index in [1.54, 1.807) is 7.11 Å². The number of rotatable bonds is 3. The number of benzene rings is 2. The van der Waals surface area contributed by atoms with Gasteiger partial charge in [-0.2, -0.15) is 0 Å². The van der Waals surface area contributed by atoms with Gasteiger partial charge in [0.05, 0.1) is 13.7 Å². The minimum atomic E-state index is -0.270. The summed E-state index contributed by atoms with van der Waals surface area (Å²) in [5.41, 5.74) is 2.16. The van der Waals surface area contributed by atoms with Crippen LogP contribution in [0.1, 0.15) is 23.5 Å². The van der Waals surface area contributed by atoms with E-state index < -0.39 is 0 Å². The summed E-state index contributed by atoms with van der Waals surface area (Å²) in [5, 5.41) is 0.